The number of oxazole rings is 1. The molecule has 1 N–H and O–H groups in total. The zero-order valence-electron chi connectivity index (χ0n) is 16.4. The molecule has 4 aromatic rings. The van der Waals surface area contributed by atoms with Crippen molar-refractivity contribution < 1.29 is 22.4 Å². The normalized spacial score (nSPS) is 11.1. The van der Waals surface area contributed by atoms with Crippen LogP contribution in [0.3, 0.4) is 0 Å². The lowest BCUT2D eigenvalue weighted by Gasteiger charge is -2.10. The number of halogens is 3. The van der Waals surface area contributed by atoms with E-state index in [4.69, 9.17) is 4.42 Å². The molecular formula is C23H17F3N2O3. The highest BCUT2D eigenvalue weighted by molar-refractivity contribution is 6.04. The van der Waals surface area contributed by atoms with Crippen LogP contribution in [-0.4, -0.2) is 17.1 Å². The summed E-state index contributed by atoms with van der Waals surface area (Å²) >= 11 is 0. The summed E-state index contributed by atoms with van der Waals surface area (Å²) in [7, 11) is 0. The van der Waals surface area contributed by atoms with Crippen molar-refractivity contribution in [3.8, 4) is 11.1 Å². The number of carbonyl (C=O) groups excluding carboxylic acids is 1. The van der Waals surface area contributed by atoms with Crippen molar-refractivity contribution in [3.63, 3.8) is 0 Å². The van der Waals surface area contributed by atoms with Crippen molar-refractivity contribution in [3.05, 3.63) is 87.9 Å². The number of aromatic nitrogens is 1. The molecule has 5 nitrogen and oxygen atoms in total. The largest absolute Gasteiger partial charge is 0.420 e. The third-order valence-corrected chi connectivity index (χ3v) is 4.97. The van der Waals surface area contributed by atoms with Gasteiger partial charge in [0, 0.05) is 5.69 Å². The van der Waals surface area contributed by atoms with Crippen LogP contribution in [0.25, 0.3) is 22.2 Å². The van der Waals surface area contributed by atoms with Crippen molar-refractivity contribution in [2.45, 2.75) is 13.5 Å². The quantitative estimate of drug-likeness (QED) is 0.485. The van der Waals surface area contributed by atoms with Gasteiger partial charge in [-0.15, -0.1) is 0 Å². The van der Waals surface area contributed by atoms with E-state index in [9.17, 15) is 22.8 Å². The highest BCUT2D eigenvalue weighted by atomic mass is 19.1. The van der Waals surface area contributed by atoms with E-state index >= 15 is 0 Å². The number of hydrogen-bond acceptors (Lipinski definition) is 3. The van der Waals surface area contributed by atoms with Crippen molar-refractivity contribution in [2.24, 2.45) is 0 Å². The molecule has 0 saturated heterocycles. The molecule has 0 aliphatic rings. The SMILES string of the molecule is Cc1cc2oc(=O)n(CCF)c2cc1-c1ccc(NC(=O)c2c(F)cccc2F)cc1. The number of anilines is 1. The van der Waals surface area contributed by atoms with Crippen molar-refractivity contribution in [1.82, 2.24) is 4.57 Å². The first-order chi connectivity index (χ1) is 14.9. The lowest BCUT2D eigenvalue weighted by atomic mass is 9.99. The van der Waals surface area contributed by atoms with Gasteiger partial charge >= 0.3 is 5.76 Å². The average molecular weight is 426 g/mol. The predicted molar refractivity (Wildman–Crippen MR) is 111 cm³/mol. The van der Waals surface area contributed by atoms with E-state index in [-0.39, 0.29) is 6.54 Å². The number of rotatable bonds is 5. The molecule has 0 spiro atoms. The van der Waals surface area contributed by atoms with Crippen LogP contribution >= 0.6 is 0 Å². The molecule has 0 saturated carbocycles. The summed E-state index contributed by atoms with van der Waals surface area (Å²) in [5, 5.41) is 2.47. The molecule has 0 unspecified atom stereocenters. The monoisotopic (exact) mass is 426 g/mol. The highest BCUT2D eigenvalue weighted by Crippen LogP contribution is 2.29. The van der Waals surface area contributed by atoms with Gasteiger partial charge in [0.2, 0.25) is 0 Å². The molecule has 1 aromatic heterocycles. The van der Waals surface area contributed by atoms with Gasteiger partial charge in [0.05, 0.1) is 12.1 Å². The third kappa shape index (κ3) is 3.84. The standard InChI is InChI=1S/C23H17F3N2O3/c1-13-11-20-19(28(10-9-24)23(30)31-20)12-16(13)14-5-7-15(8-6-14)27-22(29)21-17(25)3-2-4-18(21)26/h2-8,11-12H,9-10H2,1H3,(H,27,29). The van der Waals surface area contributed by atoms with Gasteiger partial charge in [0.1, 0.15) is 23.9 Å². The van der Waals surface area contributed by atoms with E-state index in [1.807, 2.05) is 6.92 Å². The summed E-state index contributed by atoms with van der Waals surface area (Å²) in [5.41, 5.74) is 2.95. The Hall–Kier alpha value is -3.81. The number of hydrogen-bond donors (Lipinski definition) is 1. The summed E-state index contributed by atoms with van der Waals surface area (Å²) < 4.78 is 46.8. The first-order valence-electron chi connectivity index (χ1n) is 9.45. The molecular weight excluding hydrogens is 409 g/mol. The summed E-state index contributed by atoms with van der Waals surface area (Å²) in [6.07, 6.45) is 0. The first-order valence-corrected chi connectivity index (χ1v) is 9.45. The Morgan fingerprint density at radius 2 is 1.74 bits per heavy atom. The fourth-order valence-electron chi connectivity index (χ4n) is 3.46. The lowest BCUT2D eigenvalue weighted by Crippen LogP contribution is -2.15. The van der Waals surface area contributed by atoms with Crippen LogP contribution in [0, 0.1) is 18.6 Å². The summed E-state index contributed by atoms with van der Waals surface area (Å²) in [6, 6.07) is 13.3. The van der Waals surface area contributed by atoms with Crippen LogP contribution in [0.1, 0.15) is 15.9 Å². The van der Waals surface area contributed by atoms with E-state index in [0.717, 1.165) is 28.8 Å². The second-order valence-corrected chi connectivity index (χ2v) is 6.97. The topological polar surface area (TPSA) is 64.2 Å². The van der Waals surface area contributed by atoms with Crippen LogP contribution in [0.15, 0.2) is 63.8 Å². The fraction of sp³-hybridized carbons (Fsp3) is 0.130. The molecule has 158 valence electrons. The Labute approximate surface area is 174 Å². The number of alkyl halides is 1. The van der Waals surface area contributed by atoms with Crippen LogP contribution in [-0.2, 0) is 6.54 Å². The fourth-order valence-corrected chi connectivity index (χ4v) is 3.46. The molecule has 0 fully saturated rings. The molecule has 8 heteroatoms. The molecule has 0 aliphatic carbocycles. The van der Waals surface area contributed by atoms with Crippen molar-refractivity contribution in [1.29, 1.82) is 0 Å². The first kappa shape index (κ1) is 20.5. The van der Waals surface area contributed by atoms with E-state index in [0.29, 0.717) is 16.8 Å². The summed E-state index contributed by atoms with van der Waals surface area (Å²) in [4.78, 5) is 24.2. The maximum Gasteiger partial charge on any atom is 0.420 e. The van der Waals surface area contributed by atoms with E-state index < -0.39 is 35.5 Å². The van der Waals surface area contributed by atoms with Crippen molar-refractivity contribution >= 4 is 22.7 Å². The highest BCUT2D eigenvalue weighted by Gasteiger charge is 2.17. The average Bonchev–Trinajstić information content (AvgIpc) is 3.02. The van der Waals surface area contributed by atoms with Gasteiger partial charge in [0.25, 0.3) is 5.91 Å². The minimum Gasteiger partial charge on any atom is -0.408 e. The molecule has 0 radical (unpaired) electrons. The Morgan fingerprint density at radius 3 is 2.39 bits per heavy atom. The van der Waals surface area contributed by atoms with Crippen LogP contribution in [0.4, 0.5) is 18.9 Å². The molecule has 0 aliphatic heterocycles. The number of nitrogens with zero attached hydrogens (tertiary/aromatic N) is 1. The summed E-state index contributed by atoms with van der Waals surface area (Å²) in [5.74, 6) is -3.41. The Kier molecular flexibility index (Phi) is 5.37. The second-order valence-electron chi connectivity index (χ2n) is 6.97. The zero-order chi connectivity index (χ0) is 22.1. The Morgan fingerprint density at radius 1 is 1.06 bits per heavy atom. The van der Waals surface area contributed by atoms with E-state index in [2.05, 4.69) is 5.32 Å². The lowest BCUT2D eigenvalue weighted by molar-refractivity contribution is 0.101. The van der Waals surface area contributed by atoms with Crippen molar-refractivity contribution in [2.75, 3.05) is 12.0 Å². The van der Waals surface area contributed by atoms with Gasteiger partial charge in [0.15, 0.2) is 5.58 Å². The van der Waals surface area contributed by atoms with E-state index in [1.54, 1.807) is 36.4 Å². The zero-order valence-corrected chi connectivity index (χ0v) is 16.4. The van der Waals surface area contributed by atoms with Gasteiger partial charge in [-0.3, -0.25) is 9.36 Å². The third-order valence-electron chi connectivity index (χ3n) is 4.97. The van der Waals surface area contributed by atoms with Gasteiger partial charge in [-0.25, -0.2) is 18.0 Å². The molecule has 0 bridgehead atoms. The van der Waals surface area contributed by atoms with Gasteiger partial charge in [-0.1, -0.05) is 18.2 Å². The maximum absolute atomic E-state index is 13.8. The van der Waals surface area contributed by atoms with E-state index in [1.165, 1.54) is 10.6 Å². The number of benzene rings is 3. The van der Waals surface area contributed by atoms with Gasteiger partial charge < -0.3 is 9.73 Å². The minimum absolute atomic E-state index is 0.105. The molecule has 0 atom stereocenters. The Bertz CT molecular complexity index is 1320. The summed E-state index contributed by atoms with van der Waals surface area (Å²) in [6.45, 7) is 1.04. The minimum atomic E-state index is -0.947. The van der Waals surface area contributed by atoms with Gasteiger partial charge in [-0.2, -0.15) is 0 Å². The maximum atomic E-state index is 13.8. The number of fused-ring (bicyclic) bond motifs is 1. The molecule has 1 heterocycles. The van der Waals surface area contributed by atoms with Gasteiger partial charge in [-0.05, 0) is 60.0 Å². The number of amides is 1. The molecule has 3 aromatic carbocycles. The number of carbonyl (C=O) groups is 1. The van der Waals surface area contributed by atoms with Crippen LogP contribution in [0.2, 0.25) is 0 Å². The number of nitrogens with one attached hydrogen (secondary N) is 1. The Balaban J connectivity index is 1.64. The predicted octanol–water partition coefficient (Wildman–Crippen LogP) is 5.07. The molecule has 31 heavy (non-hydrogen) atoms. The molecule has 4 rings (SSSR count). The van der Waals surface area contributed by atoms with Crippen LogP contribution in [0.5, 0.6) is 0 Å². The molecule has 1 amide bonds. The number of aryl methyl sites for hydroxylation is 2. The smallest absolute Gasteiger partial charge is 0.408 e. The van der Waals surface area contributed by atoms with Crippen LogP contribution < -0.4 is 11.1 Å². The second kappa shape index (κ2) is 8.14.